The number of carbonyl (C=O) groups excluding carboxylic acids is 1. The van der Waals surface area contributed by atoms with Crippen molar-refractivity contribution in [2.75, 3.05) is 12.3 Å². The Morgan fingerprint density at radius 2 is 1.86 bits per heavy atom. The maximum absolute atomic E-state index is 12.9. The van der Waals surface area contributed by atoms with Crippen LogP contribution in [-0.4, -0.2) is 17.4 Å². The molecule has 116 valence electrons. The predicted molar refractivity (Wildman–Crippen MR) is 76.1 cm³/mol. The minimum Gasteiger partial charge on any atom is -0.398 e. The van der Waals surface area contributed by atoms with E-state index in [0.717, 1.165) is 11.8 Å². The van der Waals surface area contributed by atoms with Crippen LogP contribution in [0.1, 0.15) is 21.6 Å². The Kier molecular flexibility index (Phi) is 4.65. The molecule has 0 unspecified atom stereocenters. The molecule has 22 heavy (non-hydrogen) atoms. The lowest BCUT2D eigenvalue weighted by molar-refractivity contribution is -0.141. The number of aromatic nitrogens is 1. The third-order valence-corrected chi connectivity index (χ3v) is 3.02. The minimum absolute atomic E-state index is 0.203. The molecule has 1 aromatic carbocycles. The first-order valence-electron chi connectivity index (χ1n) is 6.53. The van der Waals surface area contributed by atoms with E-state index in [1.165, 1.54) is 6.07 Å². The number of pyridine rings is 1. The van der Waals surface area contributed by atoms with Gasteiger partial charge in [0, 0.05) is 18.4 Å². The first-order valence-corrected chi connectivity index (χ1v) is 6.53. The lowest BCUT2D eigenvalue weighted by atomic mass is 10.1. The van der Waals surface area contributed by atoms with Crippen LogP contribution < -0.4 is 11.1 Å². The summed E-state index contributed by atoms with van der Waals surface area (Å²) in [6, 6.07) is 10.4. The number of alkyl halides is 3. The lowest BCUT2D eigenvalue weighted by Gasteiger charge is -2.13. The Labute approximate surface area is 125 Å². The second-order valence-corrected chi connectivity index (χ2v) is 4.61. The Hall–Kier alpha value is -2.57. The fourth-order valence-corrected chi connectivity index (χ4v) is 1.98. The third kappa shape index (κ3) is 3.75. The Bertz CT molecular complexity index is 657. The number of halogens is 3. The van der Waals surface area contributed by atoms with Crippen molar-refractivity contribution >= 4 is 11.6 Å². The average Bonchev–Trinajstić information content (AvgIpc) is 2.47. The smallest absolute Gasteiger partial charge is 0.398 e. The van der Waals surface area contributed by atoms with Gasteiger partial charge < -0.3 is 11.1 Å². The van der Waals surface area contributed by atoms with E-state index in [9.17, 15) is 18.0 Å². The van der Waals surface area contributed by atoms with Gasteiger partial charge in [0.2, 0.25) is 0 Å². The average molecular weight is 309 g/mol. The second-order valence-electron chi connectivity index (χ2n) is 4.61. The fraction of sp³-hybridized carbons (Fsp3) is 0.200. The predicted octanol–water partition coefficient (Wildman–Crippen LogP) is 2.66. The number of hydrogen-bond donors (Lipinski definition) is 2. The normalized spacial score (nSPS) is 11.2. The molecule has 3 N–H and O–H groups in total. The van der Waals surface area contributed by atoms with Crippen LogP contribution in [0.5, 0.6) is 0 Å². The SMILES string of the molecule is Nc1ccnc(C(F)(F)F)c1C(=O)NCCc1ccccc1. The number of nitrogens with zero attached hydrogens (tertiary/aromatic N) is 1. The zero-order valence-electron chi connectivity index (χ0n) is 11.5. The van der Waals surface area contributed by atoms with Crippen LogP contribution in [0, 0.1) is 0 Å². The number of nitrogens with two attached hydrogens (primary N) is 1. The number of carbonyl (C=O) groups is 1. The summed E-state index contributed by atoms with van der Waals surface area (Å²) < 4.78 is 38.6. The summed E-state index contributed by atoms with van der Waals surface area (Å²) in [5, 5.41) is 2.44. The Balaban J connectivity index is 2.10. The molecule has 0 saturated heterocycles. The van der Waals surface area contributed by atoms with Crippen molar-refractivity contribution in [1.29, 1.82) is 0 Å². The topological polar surface area (TPSA) is 68.0 Å². The number of hydrogen-bond acceptors (Lipinski definition) is 3. The maximum atomic E-state index is 12.9. The summed E-state index contributed by atoms with van der Waals surface area (Å²) in [5.41, 5.74) is 4.31. The van der Waals surface area contributed by atoms with Gasteiger partial charge in [-0.25, -0.2) is 0 Å². The molecule has 1 amide bonds. The third-order valence-electron chi connectivity index (χ3n) is 3.02. The highest BCUT2D eigenvalue weighted by Crippen LogP contribution is 2.32. The number of amides is 1. The van der Waals surface area contributed by atoms with Gasteiger partial charge in [-0.2, -0.15) is 13.2 Å². The first kappa shape index (κ1) is 15.8. The number of nitrogen functional groups attached to an aromatic ring is 1. The van der Waals surface area contributed by atoms with E-state index < -0.39 is 23.3 Å². The summed E-state index contributed by atoms with van der Waals surface area (Å²) in [6.45, 7) is 0.203. The van der Waals surface area contributed by atoms with Crippen molar-refractivity contribution in [1.82, 2.24) is 10.3 Å². The Morgan fingerprint density at radius 3 is 2.50 bits per heavy atom. The zero-order valence-corrected chi connectivity index (χ0v) is 11.5. The van der Waals surface area contributed by atoms with E-state index in [4.69, 9.17) is 5.73 Å². The summed E-state index contributed by atoms with van der Waals surface area (Å²) >= 11 is 0. The molecule has 0 bridgehead atoms. The summed E-state index contributed by atoms with van der Waals surface area (Å²) in [5.74, 6) is -0.881. The second kappa shape index (κ2) is 6.46. The molecule has 0 spiro atoms. The van der Waals surface area contributed by atoms with Gasteiger partial charge in [0.15, 0.2) is 5.69 Å². The molecule has 0 aliphatic carbocycles. The van der Waals surface area contributed by atoms with Crippen LogP contribution in [0.15, 0.2) is 42.6 Å². The molecule has 2 aromatic rings. The molecule has 1 heterocycles. The molecule has 0 fully saturated rings. The molecular weight excluding hydrogens is 295 g/mol. The minimum atomic E-state index is -4.73. The van der Waals surface area contributed by atoms with Gasteiger partial charge >= 0.3 is 6.18 Å². The molecule has 1 aromatic heterocycles. The standard InChI is InChI=1S/C15H14F3N3O/c16-15(17,18)13-12(11(19)7-9-20-13)14(22)21-8-6-10-4-2-1-3-5-10/h1-5,7,9H,6,8H2,(H2,19,20)(H,21,22). The molecule has 0 radical (unpaired) electrons. The van der Waals surface area contributed by atoms with Gasteiger partial charge in [0.25, 0.3) is 5.91 Å². The van der Waals surface area contributed by atoms with Crippen molar-refractivity contribution in [3.05, 3.63) is 59.4 Å². The number of anilines is 1. The Morgan fingerprint density at radius 1 is 1.18 bits per heavy atom. The number of benzene rings is 1. The largest absolute Gasteiger partial charge is 0.434 e. The van der Waals surface area contributed by atoms with Crippen molar-refractivity contribution < 1.29 is 18.0 Å². The van der Waals surface area contributed by atoms with Gasteiger partial charge in [-0.1, -0.05) is 30.3 Å². The van der Waals surface area contributed by atoms with E-state index in [2.05, 4.69) is 10.3 Å². The quantitative estimate of drug-likeness (QED) is 0.912. The summed E-state index contributed by atoms with van der Waals surface area (Å²) in [4.78, 5) is 15.2. The molecule has 0 aliphatic heterocycles. The monoisotopic (exact) mass is 309 g/mol. The first-order chi connectivity index (χ1) is 10.4. The molecular formula is C15H14F3N3O. The maximum Gasteiger partial charge on any atom is 0.434 e. The van der Waals surface area contributed by atoms with Crippen LogP contribution in [-0.2, 0) is 12.6 Å². The van der Waals surface area contributed by atoms with Gasteiger partial charge in [-0.3, -0.25) is 9.78 Å². The van der Waals surface area contributed by atoms with Gasteiger partial charge in [-0.05, 0) is 18.1 Å². The van der Waals surface area contributed by atoms with Crippen molar-refractivity contribution in [2.45, 2.75) is 12.6 Å². The van der Waals surface area contributed by atoms with E-state index in [1.54, 1.807) is 0 Å². The van der Waals surface area contributed by atoms with Crippen LogP contribution >= 0.6 is 0 Å². The fourth-order valence-electron chi connectivity index (χ4n) is 1.98. The number of rotatable bonds is 4. The number of nitrogens with one attached hydrogen (secondary N) is 1. The molecule has 0 atom stereocenters. The highest BCUT2D eigenvalue weighted by molar-refractivity contribution is 6.00. The zero-order chi connectivity index (χ0) is 16.2. The lowest BCUT2D eigenvalue weighted by Crippen LogP contribution is -2.29. The van der Waals surface area contributed by atoms with Gasteiger partial charge in [-0.15, -0.1) is 0 Å². The molecule has 2 rings (SSSR count). The molecule has 0 aliphatic rings. The van der Waals surface area contributed by atoms with E-state index >= 15 is 0 Å². The van der Waals surface area contributed by atoms with Crippen molar-refractivity contribution in [2.24, 2.45) is 0 Å². The van der Waals surface area contributed by atoms with Gasteiger partial charge in [0.1, 0.15) is 0 Å². The van der Waals surface area contributed by atoms with Crippen molar-refractivity contribution in [3.63, 3.8) is 0 Å². The van der Waals surface area contributed by atoms with Crippen LogP contribution in [0.2, 0.25) is 0 Å². The molecule has 4 nitrogen and oxygen atoms in total. The van der Waals surface area contributed by atoms with E-state index in [1.807, 2.05) is 30.3 Å². The van der Waals surface area contributed by atoms with Crippen LogP contribution in [0.3, 0.4) is 0 Å². The van der Waals surface area contributed by atoms with E-state index in [0.29, 0.717) is 6.42 Å². The van der Waals surface area contributed by atoms with Crippen LogP contribution in [0.4, 0.5) is 18.9 Å². The molecule has 7 heteroatoms. The van der Waals surface area contributed by atoms with Gasteiger partial charge in [0.05, 0.1) is 5.56 Å². The van der Waals surface area contributed by atoms with Crippen LogP contribution in [0.25, 0.3) is 0 Å². The van der Waals surface area contributed by atoms with E-state index in [-0.39, 0.29) is 12.2 Å². The highest BCUT2D eigenvalue weighted by atomic mass is 19.4. The highest BCUT2D eigenvalue weighted by Gasteiger charge is 2.38. The van der Waals surface area contributed by atoms with Crippen molar-refractivity contribution in [3.8, 4) is 0 Å². The summed E-state index contributed by atoms with van der Waals surface area (Å²) in [6.07, 6.45) is -3.30. The summed E-state index contributed by atoms with van der Waals surface area (Å²) in [7, 11) is 0. The molecule has 0 saturated carbocycles.